The predicted molar refractivity (Wildman–Crippen MR) is 70.0 cm³/mol. The highest BCUT2D eigenvalue weighted by atomic mass is 19.4. The minimum atomic E-state index is -4.87. The number of nitrogens with zero attached hydrogens (tertiary/aromatic N) is 1. The van der Waals surface area contributed by atoms with Gasteiger partial charge < -0.3 is 4.74 Å². The highest BCUT2D eigenvalue weighted by Gasteiger charge is 2.32. The van der Waals surface area contributed by atoms with Crippen molar-refractivity contribution in [3.05, 3.63) is 58.1 Å². The van der Waals surface area contributed by atoms with Gasteiger partial charge in [0.15, 0.2) is 0 Å². The van der Waals surface area contributed by atoms with Crippen molar-refractivity contribution in [1.82, 2.24) is 0 Å². The Morgan fingerprint density at radius 1 is 1.10 bits per heavy atom. The maximum Gasteiger partial charge on any atom is 0.573 e. The van der Waals surface area contributed by atoms with Gasteiger partial charge in [0.1, 0.15) is 5.75 Å². The van der Waals surface area contributed by atoms with Gasteiger partial charge in [-0.25, -0.2) is 0 Å². The van der Waals surface area contributed by atoms with Crippen molar-refractivity contribution in [2.45, 2.75) is 13.3 Å². The summed E-state index contributed by atoms with van der Waals surface area (Å²) in [5.74, 6) is -0.475. The van der Waals surface area contributed by atoms with E-state index in [1.807, 2.05) is 0 Å². The van der Waals surface area contributed by atoms with E-state index < -0.39 is 17.0 Å². The zero-order chi connectivity index (χ0) is 15.6. The minimum Gasteiger partial charge on any atom is -0.405 e. The van der Waals surface area contributed by atoms with Gasteiger partial charge in [-0.05, 0) is 24.6 Å². The molecule has 0 heterocycles. The number of nitro groups is 1. The van der Waals surface area contributed by atoms with Crippen LogP contribution in [-0.2, 0) is 0 Å². The molecule has 0 saturated heterocycles. The van der Waals surface area contributed by atoms with Crippen molar-refractivity contribution in [2.75, 3.05) is 0 Å². The molecule has 0 aliphatic rings. The lowest BCUT2D eigenvalue weighted by Gasteiger charge is -2.13. The van der Waals surface area contributed by atoms with Gasteiger partial charge in [0, 0.05) is 11.6 Å². The van der Waals surface area contributed by atoms with E-state index >= 15 is 0 Å². The van der Waals surface area contributed by atoms with Gasteiger partial charge in [0.2, 0.25) is 0 Å². The van der Waals surface area contributed by atoms with E-state index in [1.165, 1.54) is 30.3 Å². The molecule has 0 bridgehead atoms. The normalized spacial score (nSPS) is 11.2. The molecule has 0 radical (unpaired) electrons. The third-order valence-electron chi connectivity index (χ3n) is 2.75. The first-order valence-electron chi connectivity index (χ1n) is 5.88. The van der Waals surface area contributed by atoms with Crippen molar-refractivity contribution in [3.8, 4) is 16.9 Å². The Morgan fingerprint density at radius 3 is 2.38 bits per heavy atom. The number of ether oxygens (including phenoxy) is 1. The topological polar surface area (TPSA) is 52.4 Å². The van der Waals surface area contributed by atoms with Gasteiger partial charge in [-0.1, -0.05) is 24.3 Å². The van der Waals surface area contributed by atoms with Crippen molar-refractivity contribution in [2.24, 2.45) is 0 Å². The summed E-state index contributed by atoms with van der Waals surface area (Å²) < 4.78 is 41.1. The highest BCUT2D eigenvalue weighted by molar-refractivity contribution is 5.78. The largest absolute Gasteiger partial charge is 0.573 e. The van der Waals surface area contributed by atoms with Crippen LogP contribution in [0.25, 0.3) is 11.1 Å². The number of benzene rings is 2. The Kier molecular flexibility index (Phi) is 3.84. The molecule has 0 spiro atoms. The second kappa shape index (κ2) is 5.43. The van der Waals surface area contributed by atoms with Crippen LogP contribution in [0.3, 0.4) is 0 Å². The second-order valence-electron chi connectivity index (χ2n) is 4.32. The SMILES string of the molecule is Cc1ccc(-c2ccccc2OC(F)(F)F)c([N+](=O)[O-])c1. The number of alkyl halides is 3. The molecule has 0 aliphatic carbocycles. The van der Waals surface area contributed by atoms with Crippen LogP contribution in [0.4, 0.5) is 18.9 Å². The predicted octanol–water partition coefficient (Wildman–Crippen LogP) is 4.47. The van der Waals surface area contributed by atoms with Crippen molar-refractivity contribution >= 4 is 5.69 Å². The Balaban J connectivity index is 2.60. The Bertz CT molecular complexity index is 683. The third kappa shape index (κ3) is 3.50. The molecule has 0 aromatic heterocycles. The molecule has 21 heavy (non-hydrogen) atoms. The molecular weight excluding hydrogens is 287 g/mol. The van der Waals surface area contributed by atoms with Gasteiger partial charge >= 0.3 is 6.36 Å². The number of hydrogen-bond acceptors (Lipinski definition) is 3. The maximum absolute atomic E-state index is 12.4. The summed E-state index contributed by atoms with van der Waals surface area (Å²) in [4.78, 5) is 10.5. The first kappa shape index (κ1) is 14.8. The summed E-state index contributed by atoms with van der Waals surface area (Å²) in [6.07, 6.45) is -4.87. The molecule has 2 aromatic rings. The number of aryl methyl sites for hydroxylation is 1. The molecule has 0 amide bonds. The quantitative estimate of drug-likeness (QED) is 0.620. The van der Waals surface area contributed by atoms with Crippen LogP contribution in [0.2, 0.25) is 0 Å². The molecular formula is C14H10F3NO3. The number of hydrogen-bond donors (Lipinski definition) is 0. The molecule has 0 unspecified atom stereocenters. The Morgan fingerprint density at radius 2 is 1.76 bits per heavy atom. The lowest BCUT2D eigenvalue weighted by Crippen LogP contribution is -2.17. The average Bonchev–Trinajstić information content (AvgIpc) is 2.37. The van der Waals surface area contributed by atoms with Gasteiger partial charge in [0.05, 0.1) is 10.5 Å². The molecule has 4 nitrogen and oxygen atoms in total. The molecule has 2 aromatic carbocycles. The van der Waals surface area contributed by atoms with E-state index in [4.69, 9.17) is 0 Å². The van der Waals surface area contributed by atoms with Crippen LogP contribution in [0, 0.1) is 17.0 Å². The van der Waals surface area contributed by atoms with Crippen molar-refractivity contribution in [1.29, 1.82) is 0 Å². The molecule has 0 N–H and O–H groups in total. The monoisotopic (exact) mass is 297 g/mol. The van der Waals surface area contributed by atoms with E-state index in [-0.39, 0.29) is 16.8 Å². The van der Waals surface area contributed by atoms with Crippen molar-refractivity contribution < 1.29 is 22.8 Å². The summed E-state index contributed by atoms with van der Waals surface area (Å²) in [6, 6.07) is 9.62. The first-order chi connectivity index (χ1) is 9.78. The maximum atomic E-state index is 12.4. The van der Waals surface area contributed by atoms with Gasteiger partial charge in [0.25, 0.3) is 5.69 Å². The summed E-state index contributed by atoms with van der Waals surface area (Å²) in [5, 5.41) is 11.1. The average molecular weight is 297 g/mol. The van der Waals surface area contributed by atoms with Gasteiger partial charge in [-0.3, -0.25) is 10.1 Å². The minimum absolute atomic E-state index is 0.0153. The smallest absolute Gasteiger partial charge is 0.405 e. The highest BCUT2D eigenvalue weighted by Crippen LogP contribution is 2.38. The molecule has 0 aliphatic heterocycles. The first-order valence-corrected chi connectivity index (χ1v) is 5.88. The summed E-state index contributed by atoms with van der Waals surface area (Å²) in [6.45, 7) is 1.66. The van der Waals surface area contributed by atoms with E-state index in [2.05, 4.69) is 4.74 Å². The summed E-state index contributed by atoms with van der Waals surface area (Å²) >= 11 is 0. The fraction of sp³-hybridized carbons (Fsp3) is 0.143. The van der Waals surface area contributed by atoms with Crippen LogP contribution >= 0.6 is 0 Å². The standard InChI is InChI=1S/C14H10F3NO3/c1-9-6-7-10(12(8-9)18(19)20)11-4-2-3-5-13(11)21-14(15,16)17/h2-8H,1H3. The number of nitro benzene ring substituents is 1. The van der Waals surface area contributed by atoms with Crippen LogP contribution < -0.4 is 4.74 Å². The van der Waals surface area contributed by atoms with Crippen LogP contribution in [0.5, 0.6) is 5.75 Å². The van der Waals surface area contributed by atoms with E-state index in [9.17, 15) is 23.3 Å². The van der Waals surface area contributed by atoms with Crippen LogP contribution in [0.1, 0.15) is 5.56 Å². The van der Waals surface area contributed by atoms with Crippen molar-refractivity contribution in [3.63, 3.8) is 0 Å². The number of rotatable bonds is 3. The Labute approximate surface area is 117 Å². The van der Waals surface area contributed by atoms with E-state index in [0.29, 0.717) is 5.56 Å². The zero-order valence-corrected chi connectivity index (χ0v) is 10.8. The molecule has 2 rings (SSSR count). The van der Waals surface area contributed by atoms with E-state index in [0.717, 1.165) is 6.07 Å². The van der Waals surface area contributed by atoms with Gasteiger partial charge in [-0.2, -0.15) is 0 Å². The lowest BCUT2D eigenvalue weighted by atomic mass is 10.0. The zero-order valence-electron chi connectivity index (χ0n) is 10.8. The summed E-state index contributed by atoms with van der Waals surface area (Å²) in [7, 11) is 0. The molecule has 0 saturated carbocycles. The summed E-state index contributed by atoms with van der Waals surface area (Å²) in [5.41, 5.74) is 0.458. The fourth-order valence-corrected chi connectivity index (χ4v) is 1.92. The van der Waals surface area contributed by atoms with E-state index in [1.54, 1.807) is 13.0 Å². The molecule has 7 heteroatoms. The molecule has 0 fully saturated rings. The van der Waals surface area contributed by atoms with Crippen LogP contribution in [0.15, 0.2) is 42.5 Å². The lowest BCUT2D eigenvalue weighted by molar-refractivity contribution is -0.384. The molecule has 0 atom stereocenters. The number of para-hydroxylation sites is 1. The fourth-order valence-electron chi connectivity index (χ4n) is 1.92. The number of halogens is 3. The second-order valence-corrected chi connectivity index (χ2v) is 4.32. The third-order valence-corrected chi connectivity index (χ3v) is 2.75. The molecule has 110 valence electrons. The Hall–Kier alpha value is -2.57. The van der Waals surface area contributed by atoms with Crippen LogP contribution in [-0.4, -0.2) is 11.3 Å². The van der Waals surface area contributed by atoms with Gasteiger partial charge in [-0.15, -0.1) is 13.2 Å².